The van der Waals surface area contributed by atoms with Gasteiger partial charge < -0.3 is 10.2 Å². The van der Waals surface area contributed by atoms with E-state index in [1.165, 1.54) is 16.7 Å². The molecule has 3 aromatic rings. The number of piperidine rings is 1. The maximum Gasteiger partial charge on any atom is 0.272 e. The summed E-state index contributed by atoms with van der Waals surface area (Å²) in [5, 5.41) is 11.8. The van der Waals surface area contributed by atoms with Crippen molar-refractivity contribution in [2.75, 3.05) is 31.1 Å². The molecule has 1 N–H and O–H groups in total. The molecule has 1 atom stereocenters. The van der Waals surface area contributed by atoms with Gasteiger partial charge in [-0.1, -0.05) is 66.7 Å². The lowest BCUT2D eigenvalue weighted by Gasteiger charge is -2.39. The maximum absolute atomic E-state index is 12.8. The minimum atomic E-state index is -0.138. The molecule has 6 nitrogen and oxygen atoms in total. The lowest BCUT2D eigenvalue weighted by Crippen LogP contribution is -2.41. The van der Waals surface area contributed by atoms with Crippen LogP contribution in [0.15, 0.2) is 72.8 Å². The molecule has 3 aliphatic rings. The van der Waals surface area contributed by atoms with Crippen LogP contribution in [0.4, 0.5) is 5.82 Å². The Morgan fingerprint density at radius 2 is 1.74 bits per heavy atom. The van der Waals surface area contributed by atoms with Crippen molar-refractivity contribution in [1.82, 2.24) is 20.4 Å². The van der Waals surface area contributed by atoms with Gasteiger partial charge in [-0.3, -0.25) is 9.69 Å². The van der Waals surface area contributed by atoms with E-state index in [0.717, 1.165) is 57.8 Å². The monoisotopic (exact) mass is 465 g/mol. The number of anilines is 1. The van der Waals surface area contributed by atoms with Gasteiger partial charge in [-0.2, -0.15) is 0 Å². The topological polar surface area (TPSA) is 61.4 Å². The van der Waals surface area contributed by atoms with Crippen LogP contribution < -0.4 is 10.2 Å². The Morgan fingerprint density at radius 3 is 2.54 bits per heavy atom. The van der Waals surface area contributed by atoms with Crippen molar-refractivity contribution in [2.45, 2.75) is 37.3 Å². The van der Waals surface area contributed by atoms with Gasteiger partial charge in [0.05, 0.1) is 0 Å². The second-order valence-corrected chi connectivity index (χ2v) is 10.0. The number of nitrogens with one attached hydrogen (secondary N) is 1. The van der Waals surface area contributed by atoms with Gasteiger partial charge in [0.1, 0.15) is 0 Å². The molecule has 0 saturated carbocycles. The number of hydrogen-bond donors (Lipinski definition) is 1. The summed E-state index contributed by atoms with van der Waals surface area (Å²) < 4.78 is 0. The van der Waals surface area contributed by atoms with Gasteiger partial charge in [-0.05, 0) is 48.1 Å². The van der Waals surface area contributed by atoms with E-state index in [1.54, 1.807) is 0 Å². The molecular formula is C29H31N5O. The summed E-state index contributed by atoms with van der Waals surface area (Å²) in [6.45, 7) is 4.62. The second kappa shape index (κ2) is 9.27. The number of hydrogen-bond acceptors (Lipinski definition) is 5. The molecule has 1 spiro atoms. The minimum Gasteiger partial charge on any atom is -0.355 e. The predicted molar refractivity (Wildman–Crippen MR) is 138 cm³/mol. The van der Waals surface area contributed by atoms with E-state index in [4.69, 9.17) is 0 Å². The van der Waals surface area contributed by atoms with Crippen LogP contribution in [0.2, 0.25) is 0 Å². The minimum absolute atomic E-state index is 0.138. The third-order valence-corrected chi connectivity index (χ3v) is 7.80. The lowest BCUT2D eigenvalue weighted by atomic mass is 9.74. The SMILES string of the molecule is O=C(NC1CCN(Cc2ccccc2)C1)c1ccc(N2CCC3(C=Cc4ccccc43)CC2)nn1. The van der Waals surface area contributed by atoms with Crippen LogP contribution in [0.5, 0.6) is 0 Å². The number of rotatable bonds is 5. The molecule has 1 unspecified atom stereocenters. The fraction of sp³-hybridized carbons (Fsp3) is 0.345. The van der Waals surface area contributed by atoms with Crippen LogP contribution >= 0.6 is 0 Å². The fourth-order valence-corrected chi connectivity index (χ4v) is 5.82. The normalized spacial score (nSPS) is 20.8. The van der Waals surface area contributed by atoms with Crippen molar-refractivity contribution < 1.29 is 4.79 Å². The molecule has 2 aromatic carbocycles. The molecule has 2 aliphatic heterocycles. The number of aromatic nitrogens is 2. The number of nitrogens with zero attached hydrogens (tertiary/aromatic N) is 4. The van der Waals surface area contributed by atoms with E-state index in [9.17, 15) is 4.79 Å². The molecule has 1 aliphatic carbocycles. The second-order valence-electron chi connectivity index (χ2n) is 10.0. The highest BCUT2D eigenvalue weighted by Crippen LogP contribution is 2.44. The number of carbonyl (C=O) groups excluding carboxylic acids is 1. The average molecular weight is 466 g/mol. The standard InChI is InChI=1S/C29H31N5O/c35-28(30-24-13-17-33(21-24)20-22-6-2-1-3-7-22)26-10-11-27(32-31-26)34-18-15-29(16-19-34)14-12-23-8-4-5-9-25(23)29/h1-12,14,24H,13,15-21H2,(H,30,35). The van der Waals surface area contributed by atoms with Crippen LogP contribution in [-0.2, 0) is 12.0 Å². The first kappa shape index (κ1) is 22.0. The Balaban J connectivity index is 1.02. The smallest absolute Gasteiger partial charge is 0.272 e. The molecule has 2 saturated heterocycles. The zero-order valence-electron chi connectivity index (χ0n) is 19.9. The van der Waals surface area contributed by atoms with Gasteiger partial charge >= 0.3 is 0 Å². The summed E-state index contributed by atoms with van der Waals surface area (Å²) >= 11 is 0. The Hall–Kier alpha value is -3.51. The van der Waals surface area contributed by atoms with Crippen molar-refractivity contribution in [1.29, 1.82) is 0 Å². The molecule has 178 valence electrons. The lowest BCUT2D eigenvalue weighted by molar-refractivity contribution is 0.0931. The quantitative estimate of drug-likeness (QED) is 0.616. The average Bonchev–Trinajstić information content (AvgIpc) is 3.50. The third kappa shape index (κ3) is 4.46. The first-order valence-corrected chi connectivity index (χ1v) is 12.6. The highest BCUT2D eigenvalue weighted by Gasteiger charge is 2.38. The summed E-state index contributed by atoms with van der Waals surface area (Å²) in [4.78, 5) is 17.5. The fourth-order valence-electron chi connectivity index (χ4n) is 5.82. The van der Waals surface area contributed by atoms with Crippen molar-refractivity contribution >= 4 is 17.8 Å². The largest absolute Gasteiger partial charge is 0.355 e. The summed E-state index contributed by atoms with van der Waals surface area (Å²) in [6, 6.07) is 23.1. The number of allylic oxidation sites excluding steroid dienone is 1. The number of likely N-dealkylation sites (tertiary alicyclic amines) is 1. The molecule has 0 bridgehead atoms. The van der Waals surface area contributed by atoms with E-state index in [1.807, 2.05) is 18.2 Å². The van der Waals surface area contributed by atoms with Gasteiger partial charge in [0.15, 0.2) is 11.5 Å². The van der Waals surface area contributed by atoms with Crippen LogP contribution in [0.3, 0.4) is 0 Å². The molecule has 1 amide bonds. The number of carbonyl (C=O) groups is 1. The summed E-state index contributed by atoms with van der Waals surface area (Å²) in [5.41, 5.74) is 4.64. The Labute approximate surface area is 206 Å². The molecule has 2 fully saturated rings. The summed E-state index contributed by atoms with van der Waals surface area (Å²) in [5.74, 6) is 0.711. The molecule has 1 aromatic heterocycles. The van der Waals surface area contributed by atoms with Gasteiger partial charge in [-0.15, -0.1) is 10.2 Å². The summed E-state index contributed by atoms with van der Waals surface area (Å²) in [7, 11) is 0. The molecule has 3 heterocycles. The van der Waals surface area contributed by atoms with E-state index in [0.29, 0.717) is 5.69 Å². The number of amides is 1. The van der Waals surface area contributed by atoms with Crippen LogP contribution in [0.25, 0.3) is 6.08 Å². The maximum atomic E-state index is 12.8. The molecule has 0 radical (unpaired) electrons. The molecule has 35 heavy (non-hydrogen) atoms. The van der Waals surface area contributed by atoms with Gasteiger partial charge in [0, 0.05) is 44.2 Å². The van der Waals surface area contributed by atoms with Crippen molar-refractivity contribution in [3.63, 3.8) is 0 Å². The number of fused-ring (bicyclic) bond motifs is 2. The third-order valence-electron chi connectivity index (χ3n) is 7.80. The molecule has 6 heteroatoms. The highest BCUT2D eigenvalue weighted by molar-refractivity contribution is 5.92. The number of benzene rings is 2. The van der Waals surface area contributed by atoms with Gasteiger partial charge in [-0.25, -0.2) is 0 Å². The van der Waals surface area contributed by atoms with Gasteiger partial charge in [0.2, 0.25) is 0 Å². The van der Waals surface area contributed by atoms with Crippen LogP contribution in [0, 0.1) is 0 Å². The van der Waals surface area contributed by atoms with Crippen LogP contribution in [0.1, 0.15) is 46.4 Å². The van der Waals surface area contributed by atoms with E-state index in [2.05, 4.69) is 86.0 Å². The van der Waals surface area contributed by atoms with Crippen molar-refractivity contribution in [3.8, 4) is 0 Å². The van der Waals surface area contributed by atoms with Crippen LogP contribution in [-0.4, -0.2) is 53.2 Å². The summed E-state index contributed by atoms with van der Waals surface area (Å²) in [6.07, 6.45) is 7.73. The first-order valence-electron chi connectivity index (χ1n) is 12.6. The first-order chi connectivity index (χ1) is 17.2. The predicted octanol–water partition coefficient (Wildman–Crippen LogP) is 4.05. The highest BCUT2D eigenvalue weighted by atomic mass is 16.2. The van der Waals surface area contributed by atoms with E-state index in [-0.39, 0.29) is 17.4 Å². The zero-order valence-corrected chi connectivity index (χ0v) is 19.9. The Morgan fingerprint density at radius 1 is 0.943 bits per heavy atom. The molecular weight excluding hydrogens is 434 g/mol. The van der Waals surface area contributed by atoms with Crippen molar-refractivity contribution in [3.05, 3.63) is 95.2 Å². The van der Waals surface area contributed by atoms with Gasteiger partial charge in [0.25, 0.3) is 5.91 Å². The van der Waals surface area contributed by atoms with E-state index < -0.39 is 0 Å². The molecule has 6 rings (SSSR count). The van der Waals surface area contributed by atoms with E-state index >= 15 is 0 Å². The van der Waals surface area contributed by atoms with Crippen molar-refractivity contribution in [2.24, 2.45) is 0 Å². The Kier molecular flexibility index (Phi) is 5.82. The Bertz CT molecular complexity index is 1220. The zero-order chi connectivity index (χ0) is 23.7.